The Morgan fingerprint density at radius 3 is 2.56 bits per heavy atom. The average Bonchev–Trinajstić information content (AvgIpc) is 3.11. The molecular formula is C18H20N4O5. The summed E-state index contributed by atoms with van der Waals surface area (Å²) in [5.41, 5.74) is 1.15. The van der Waals surface area contributed by atoms with E-state index in [1.54, 1.807) is 17.0 Å². The van der Waals surface area contributed by atoms with Gasteiger partial charge in [-0.15, -0.1) is 0 Å². The molecule has 9 nitrogen and oxygen atoms in total. The van der Waals surface area contributed by atoms with E-state index in [0.717, 1.165) is 18.4 Å². The van der Waals surface area contributed by atoms with Gasteiger partial charge in [0.2, 0.25) is 5.91 Å². The van der Waals surface area contributed by atoms with Crippen LogP contribution in [0.15, 0.2) is 36.5 Å². The molecule has 1 saturated heterocycles. The molecular weight excluding hydrogens is 352 g/mol. The van der Waals surface area contributed by atoms with Crippen LogP contribution in [0.1, 0.15) is 28.8 Å². The van der Waals surface area contributed by atoms with Crippen molar-refractivity contribution in [2.75, 3.05) is 13.1 Å². The molecule has 0 radical (unpaired) electrons. The quantitative estimate of drug-likeness (QED) is 0.612. The maximum absolute atomic E-state index is 12.4. The van der Waals surface area contributed by atoms with Crippen molar-refractivity contribution in [3.05, 3.63) is 57.8 Å². The van der Waals surface area contributed by atoms with Gasteiger partial charge in [0.05, 0.1) is 22.9 Å². The van der Waals surface area contributed by atoms with Crippen LogP contribution in [0.4, 0.5) is 5.82 Å². The number of hydrogen-bond donors (Lipinski definition) is 1. The highest BCUT2D eigenvalue weighted by Crippen LogP contribution is 2.23. The van der Waals surface area contributed by atoms with Gasteiger partial charge in [-0.25, -0.2) is 4.79 Å². The molecule has 142 valence electrons. The first-order valence-electron chi connectivity index (χ1n) is 8.71. The van der Waals surface area contributed by atoms with Gasteiger partial charge in [0.15, 0.2) is 0 Å². The number of piperidine rings is 1. The van der Waals surface area contributed by atoms with Crippen LogP contribution >= 0.6 is 0 Å². The number of hydrogen-bond acceptors (Lipinski definition) is 5. The topological polar surface area (TPSA) is 119 Å². The van der Waals surface area contributed by atoms with E-state index in [1.165, 1.54) is 16.9 Å². The van der Waals surface area contributed by atoms with Gasteiger partial charge < -0.3 is 20.1 Å². The molecule has 2 heterocycles. The van der Waals surface area contributed by atoms with E-state index in [4.69, 9.17) is 0 Å². The molecule has 1 aromatic heterocycles. The predicted molar refractivity (Wildman–Crippen MR) is 95.3 cm³/mol. The second kappa shape index (κ2) is 7.98. The first-order valence-corrected chi connectivity index (χ1v) is 8.71. The minimum atomic E-state index is -0.925. The molecule has 0 atom stereocenters. The van der Waals surface area contributed by atoms with Crippen molar-refractivity contribution in [3.8, 4) is 0 Å². The van der Waals surface area contributed by atoms with Gasteiger partial charge in [0, 0.05) is 13.1 Å². The van der Waals surface area contributed by atoms with Crippen LogP contribution in [0.2, 0.25) is 0 Å². The molecule has 0 saturated carbocycles. The van der Waals surface area contributed by atoms with Crippen molar-refractivity contribution < 1.29 is 19.6 Å². The SMILES string of the molecule is O=C(O)c1ccccc1CC1CCN(C(=O)Cn2ccc([N+](=O)[O-])n2)CC1. The number of aromatic nitrogens is 2. The smallest absolute Gasteiger partial charge is 0.389 e. The van der Waals surface area contributed by atoms with Crippen LogP contribution < -0.4 is 0 Å². The van der Waals surface area contributed by atoms with E-state index < -0.39 is 10.9 Å². The normalized spacial score (nSPS) is 14.9. The van der Waals surface area contributed by atoms with Crippen LogP contribution in [-0.2, 0) is 17.8 Å². The molecule has 1 fully saturated rings. The zero-order chi connectivity index (χ0) is 19.4. The van der Waals surface area contributed by atoms with Crippen molar-refractivity contribution >= 4 is 17.7 Å². The fourth-order valence-corrected chi connectivity index (χ4v) is 3.38. The molecule has 0 aliphatic carbocycles. The third-order valence-electron chi connectivity index (χ3n) is 4.83. The Kier molecular flexibility index (Phi) is 5.49. The average molecular weight is 372 g/mol. The lowest BCUT2D eigenvalue weighted by molar-refractivity contribution is -0.389. The molecule has 1 aliphatic rings. The number of likely N-dealkylation sites (tertiary alicyclic amines) is 1. The second-order valence-electron chi connectivity index (χ2n) is 6.62. The van der Waals surface area contributed by atoms with Crippen molar-refractivity contribution in [1.82, 2.24) is 14.7 Å². The fraction of sp³-hybridized carbons (Fsp3) is 0.389. The number of carbonyl (C=O) groups excluding carboxylic acids is 1. The van der Waals surface area contributed by atoms with Gasteiger partial charge in [0.25, 0.3) is 0 Å². The van der Waals surface area contributed by atoms with Crippen molar-refractivity contribution in [1.29, 1.82) is 0 Å². The molecule has 9 heteroatoms. The number of carbonyl (C=O) groups is 2. The van der Waals surface area contributed by atoms with Crippen molar-refractivity contribution in [2.24, 2.45) is 5.92 Å². The number of carboxylic acid groups (broad SMARTS) is 1. The summed E-state index contributed by atoms with van der Waals surface area (Å²) in [6.45, 7) is 1.14. The first-order chi connectivity index (χ1) is 12.9. The zero-order valence-corrected chi connectivity index (χ0v) is 14.7. The Bertz CT molecular complexity index is 855. The van der Waals surface area contributed by atoms with Crippen LogP contribution in [0.5, 0.6) is 0 Å². The molecule has 3 rings (SSSR count). The Hall–Kier alpha value is -3.23. The summed E-state index contributed by atoms with van der Waals surface area (Å²) in [6, 6.07) is 8.27. The molecule has 1 N–H and O–H groups in total. The van der Waals surface area contributed by atoms with Crippen LogP contribution in [0, 0.1) is 16.0 Å². The summed E-state index contributed by atoms with van der Waals surface area (Å²) in [7, 11) is 0. The lowest BCUT2D eigenvalue weighted by Crippen LogP contribution is -2.40. The number of nitrogens with zero attached hydrogens (tertiary/aromatic N) is 4. The van der Waals surface area contributed by atoms with Crippen molar-refractivity contribution in [2.45, 2.75) is 25.8 Å². The standard InChI is InChI=1S/C18H20N4O5/c23-17(12-21-10-7-16(19-21)22(26)27)20-8-5-13(6-9-20)11-14-3-1-2-4-15(14)18(24)25/h1-4,7,10,13H,5-6,8-9,11-12H2,(H,24,25). The summed E-state index contributed by atoms with van der Waals surface area (Å²) in [5, 5.41) is 23.7. The fourth-order valence-electron chi connectivity index (χ4n) is 3.38. The molecule has 0 spiro atoms. The van der Waals surface area contributed by atoms with Gasteiger partial charge >= 0.3 is 11.8 Å². The molecule has 1 aliphatic heterocycles. The third-order valence-corrected chi connectivity index (χ3v) is 4.83. The molecule has 0 bridgehead atoms. The number of nitro groups is 1. The summed E-state index contributed by atoms with van der Waals surface area (Å²) >= 11 is 0. The van der Waals surface area contributed by atoms with Crippen LogP contribution in [0.3, 0.4) is 0 Å². The maximum Gasteiger partial charge on any atom is 0.389 e. The summed E-state index contributed by atoms with van der Waals surface area (Å²) in [6.07, 6.45) is 3.68. The number of benzene rings is 1. The first kappa shape index (κ1) is 18.6. The highest BCUT2D eigenvalue weighted by Gasteiger charge is 2.25. The molecule has 0 unspecified atom stereocenters. The summed E-state index contributed by atoms with van der Waals surface area (Å²) < 4.78 is 1.27. The van der Waals surface area contributed by atoms with E-state index in [-0.39, 0.29) is 18.3 Å². The van der Waals surface area contributed by atoms with E-state index in [0.29, 0.717) is 31.0 Å². The monoisotopic (exact) mass is 372 g/mol. The van der Waals surface area contributed by atoms with E-state index in [9.17, 15) is 24.8 Å². The number of amides is 1. The maximum atomic E-state index is 12.4. The van der Waals surface area contributed by atoms with Crippen molar-refractivity contribution in [3.63, 3.8) is 0 Å². The highest BCUT2D eigenvalue weighted by atomic mass is 16.6. The van der Waals surface area contributed by atoms with E-state index in [2.05, 4.69) is 5.10 Å². The lowest BCUT2D eigenvalue weighted by Gasteiger charge is -2.32. The number of carboxylic acids is 1. The van der Waals surface area contributed by atoms with Crippen LogP contribution in [0.25, 0.3) is 0 Å². The Labute approximate surface area is 155 Å². The van der Waals surface area contributed by atoms with E-state index in [1.807, 2.05) is 12.1 Å². The van der Waals surface area contributed by atoms with E-state index >= 15 is 0 Å². The molecule has 27 heavy (non-hydrogen) atoms. The summed E-state index contributed by atoms with van der Waals surface area (Å²) in [4.78, 5) is 35.5. The van der Waals surface area contributed by atoms with Gasteiger partial charge in [-0.3, -0.25) is 4.79 Å². The minimum absolute atomic E-state index is 0.0274. The minimum Gasteiger partial charge on any atom is -0.478 e. The highest BCUT2D eigenvalue weighted by molar-refractivity contribution is 5.89. The second-order valence-corrected chi connectivity index (χ2v) is 6.62. The van der Waals surface area contributed by atoms with Gasteiger partial charge in [-0.05, 0) is 41.7 Å². The zero-order valence-electron chi connectivity index (χ0n) is 14.7. The van der Waals surface area contributed by atoms with Gasteiger partial charge in [0.1, 0.15) is 6.54 Å². The van der Waals surface area contributed by atoms with Gasteiger partial charge in [-0.2, -0.15) is 4.68 Å². The molecule has 1 amide bonds. The number of rotatable bonds is 6. The Morgan fingerprint density at radius 1 is 1.22 bits per heavy atom. The van der Waals surface area contributed by atoms with Gasteiger partial charge in [-0.1, -0.05) is 18.2 Å². The summed E-state index contributed by atoms with van der Waals surface area (Å²) in [5.74, 6) is -1.01. The van der Waals surface area contributed by atoms with Crippen LogP contribution in [-0.4, -0.2) is 49.7 Å². The Morgan fingerprint density at radius 2 is 1.93 bits per heavy atom. The lowest BCUT2D eigenvalue weighted by atomic mass is 9.88. The number of aromatic carboxylic acids is 1. The predicted octanol–water partition coefficient (Wildman–Crippen LogP) is 1.97. The third kappa shape index (κ3) is 4.49. The molecule has 2 aromatic rings. The largest absolute Gasteiger partial charge is 0.478 e. The Balaban J connectivity index is 1.53. The molecule has 1 aromatic carbocycles.